The fourth-order valence-corrected chi connectivity index (χ4v) is 3.80. The van der Waals surface area contributed by atoms with E-state index >= 15 is 0 Å². The molecule has 0 fully saturated rings. The Morgan fingerprint density at radius 1 is 1.08 bits per heavy atom. The van der Waals surface area contributed by atoms with Crippen molar-refractivity contribution in [3.8, 4) is 5.75 Å². The van der Waals surface area contributed by atoms with E-state index in [0.717, 1.165) is 34.4 Å². The van der Waals surface area contributed by atoms with Gasteiger partial charge in [-0.1, -0.05) is 30.4 Å². The molecule has 1 unspecified atom stereocenters. The third-order valence-electron chi connectivity index (χ3n) is 5.49. The van der Waals surface area contributed by atoms with Gasteiger partial charge in [-0.05, 0) is 74.0 Å². The highest BCUT2D eigenvalue weighted by Crippen LogP contribution is 2.30. The van der Waals surface area contributed by atoms with E-state index in [-0.39, 0.29) is 6.42 Å². The molecule has 0 spiro atoms. The van der Waals surface area contributed by atoms with Gasteiger partial charge in [-0.15, -0.1) is 0 Å². The van der Waals surface area contributed by atoms with Gasteiger partial charge in [-0.25, -0.2) is 9.59 Å². The molecule has 2 aromatic rings. The standard InChI is InChI=1S/C30H35N3O5/c1-30(2,3)38-29(35)33-26(28(34)37-5)20-23-18-24(8-6-21-10-14-31-15-11-21)27(36-4)25(19-23)9-7-22-12-16-32-17-13-22/h6-16,18-19,26,32H,17,20H2,1-5H3,(H,33,35)/b8-6+,9-7+. The zero-order valence-corrected chi connectivity index (χ0v) is 22.5. The minimum atomic E-state index is -0.938. The number of alkyl carbamates (subject to hydrolysis) is 1. The summed E-state index contributed by atoms with van der Waals surface area (Å²) in [6.07, 6.45) is 16.8. The van der Waals surface area contributed by atoms with Crippen molar-refractivity contribution in [1.29, 1.82) is 0 Å². The molecule has 0 bridgehead atoms. The molecule has 0 saturated carbocycles. The lowest BCUT2D eigenvalue weighted by atomic mass is 9.97. The third-order valence-corrected chi connectivity index (χ3v) is 5.49. The average Bonchev–Trinajstić information content (AvgIpc) is 2.89. The Kier molecular flexibility index (Phi) is 9.87. The largest absolute Gasteiger partial charge is 0.496 e. The molecule has 2 N–H and O–H groups in total. The number of rotatable bonds is 9. The number of nitrogens with one attached hydrogen (secondary N) is 2. The zero-order valence-electron chi connectivity index (χ0n) is 22.5. The van der Waals surface area contributed by atoms with Crippen molar-refractivity contribution in [3.63, 3.8) is 0 Å². The van der Waals surface area contributed by atoms with Crippen LogP contribution in [-0.4, -0.2) is 49.5 Å². The number of ether oxygens (including phenoxy) is 3. The first kappa shape index (κ1) is 28.2. The van der Waals surface area contributed by atoms with Crippen molar-refractivity contribution in [2.75, 3.05) is 20.8 Å². The predicted octanol–water partition coefficient (Wildman–Crippen LogP) is 4.93. The van der Waals surface area contributed by atoms with Crippen LogP contribution in [0, 0.1) is 0 Å². The second-order valence-corrected chi connectivity index (χ2v) is 9.63. The molecule has 1 aromatic heterocycles. The summed E-state index contributed by atoms with van der Waals surface area (Å²) >= 11 is 0. The molecule has 1 aliphatic heterocycles. The van der Waals surface area contributed by atoms with E-state index < -0.39 is 23.7 Å². The van der Waals surface area contributed by atoms with E-state index in [1.807, 2.05) is 60.8 Å². The molecule has 0 radical (unpaired) electrons. The number of methoxy groups -OCH3 is 2. The van der Waals surface area contributed by atoms with Gasteiger partial charge in [0.15, 0.2) is 0 Å². The molecule has 1 atom stereocenters. The van der Waals surface area contributed by atoms with Gasteiger partial charge in [0, 0.05) is 36.5 Å². The summed E-state index contributed by atoms with van der Waals surface area (Å²) in [4.78, 5) is 29.1. The van der Waals surface area contributed by atoms with Crippen LogP contribution in [-0.2, 0) is 20.7 Å². The van der Waals surface area contributed by atoms with Crippen molar-refractivity contribution in [3.05, 3.63) is 88.9 Å². The van der Waals surface area contributed by atoms with Crippen molar-refractivity contribution in [2.45, 2.75) is 38.8 Å². The Labute approximate surface area is 224 Å². The number of amides is 1. The fraction of sp³-hybridized carbons (Fsp3) is 0.300. The molecule has 38 heavy (non-hydrogen) atoms. The number of aromatic nitrogens is 1. The minimum absolute atomic E-state index is 0.194. The van der Waals surface area contributed by atoms with Crippen LogP contribution in [0.5, 0.6) is 5.75 Å². The normalized spacial score (nSPS) is 14.1. The Hall–Kier alpha value is -4.33. The summed E-state index contributed by atoms with van der Waals surface area (Å²) in [5.74, 6) is 0.117. The van der Waals surface area contributed by atoms with Crippen molar-refractivity contribution < 1.29 is 23.8 Å². The van der Waals surface area contributed by atoms with Gasteiger partial charge in [0.1, 0.15) is 17.4 Å². The second-order valence-electron chi connectivity index (χ2n) is 9.63. The summed E-state index contributed by atoms with van der Waals surface area (Å²) < 4.78 is 16.1. The molecule has 2 heterocycles. The molecular weight excluding hydrogens is 482 g/mol. The van der Waals surface area contributed by atoms with Gasteiger partial charge in [-0.2, -0.15) is 0 Å². The number of carbonyl (C=O) groups is 2. The number of dihydropyridines is 1. The highest BCUT2D eigenvalue weighted by molar-refractivity contribution is 5.82. The lowest BCUT2D eigenvalue weighted by Gasteiger charge is -2.23. The highest BCUT2D eigenvalue weighted by Gasteiger charge is 2.26. The predicted molar refractivity (Wildman–Crippen MR) is 149 cm³/mol. The number of esters is 1. The SMILES string of the molecule is COC(=O)C(Cc1cc(/C=C/C2=CCNC=C2)c(OC)c(/C=C/c2ccncc2)c1)NC(=O)OC(C)(C)C. The lowest BCUT2D eigenvalue weighted by molar-refractivity contribution is -0.143. The zero-order chi connectivity index (χ0) is 27.5. The number of pyridine rings is 1. The van der Waals surface area contributed by atoms with Crippen LogP contribution < -0.4 is 15.4 Å². The molecule has 1 aromatic carbocycles. The van der Waals surface area contributed by atoms with E-state index in [0.29, 0.717) is 5.75 Å². The van der Waals surface area contributed by atoms with E-state index in [2.05, 4.69) is 21.7 Å². The number of nitrogens with zero attached hydrogens (tertiary/aromatic N) is 1. The summed E-state index contributed by atoms with van der Waals surface area (Å²) in [5.41, 5.74) is 3.79. The first-order valence-electron chi connectivity index (χ1n) is 12.3. The summed E-state index contributed by atoms with van der Waals surface area (Å²) in [6, 6.07) is 6.75. The summed E-state index contributed by atoms with van der Waals surface area (Å²) in [5, 5.41) is 5.78. The molecule has 0 aliphatic carbocycles. The van der Waals surface area contributed by atoms with Crippen LogP contribution in [0.25, 0.3) is 18.2 Å². The van der Waals surface area contributed by atoms with E-state index in [4.69, 9.17) is 14.2 Å². The molecule has 8 nitrogen and oxygen atoms in total. The number of benzene rings is 1. The van der Waals surface area contributed by atoms with Crippen LogP contribution in [0.4, 0.5) is 4.79 Å². The monoisotopic (exact) mass is 517 g/mol. The van der Waals surface area contributed by atoms with Gasteiger partial charge in [0.2, 0.25) is 0 Å². The highest BCUT2D eigenvalue weighted by atomic mass is 16.6. The van der Waals surface area contributed by atoms with Crippen molar-refractivity contribution in [2.24, 2.45) is 0 Å². The van der Waals surface area contributed by atoms with Crippen molar-refractivity contribution >= 4 is 30.3 Å². The minimum Gasteiger partial charge on any atom is -0.496 e. The first-order chi connectivity index (χ1) is 18.2. The maximum Gasteiger partial charge on any atom is 0.408 e. The van der Waals surface area contributed by atoms with Crippen LogP contribution in [0.2, 0.25) is 0 Å². The van der Waals surface area contributed by atoms with Crippen molar-refractivity contribution in [1.82, 2.24) is 15.6 Å². The molecule has 0 saturated heterocycles. The van der Waals surface area contributed by atoms with Crippen LogP contribution in [0.15, 0.2) is 66.7 Å². The van der Waals surface area contributed by atoms with Gasteiger partial charge >= 0.3 is 12.1 Å². The number of allylic oxidation sites excluding steroid dienone is 3. The summed E-state index contributed by atoms with van der Waals surface area (Å²) in [6.45, 7) is 6.03. The Morgan fingerprint density at radius 2 is 1.76 bits per heavy atom. The van der Waals surface area contributed by atoms with Gasteiger partial charge in [-0.3, -0.25) is 4.98 Å². The molecule has 8 heteroatoms. The second kappa shape index (κ2) is 13.3. The van der Waals surface area contributed by atoms with E-state index in [1.54, 1.807) is 40.3 Å². The van der Waals surface area contributed by atoms with E-state index in [9.17, 15) is 9.59 Å². The fourth-order valence-electron chi connectivity index (χ4n) is 3.80. The molecule has 1 aliphatic rings. The van der Waals surface area contributed by atoms with Gasteiger partial charge in [0.05, 0.1) is 14.2 Å². The number of hydrogen-bond donors (Lipinski definition) is 2. The maximum absolute atomic E-state index is 12.6. The van der Waals surface area contributed by atoms with E-state index in [1.165, 1.54) is 7.11 Å². The molecule has 200 valence electrons. The first-order valence-corrected chi connectivity index (χ1v) is 12.3. The molecular formula is C30H35N3O5. The average molecular weight is 518 g/mol. The Balaban J connectivity index is 2.00. The maximum atomic E-state index is 12.6. The Bertz CT molecular complexity index is 1240. The van der Waals surface area contributed by atoms with Crippen LogP contribution in [0.1, 0.15) is 43.0 Å². The van der Waals surface area contributed by atoms with Gasteiger partial charge in [0.25, 0.3) is 0 Å². The van der Waals surface area contributed by atoms with Gasteiger partial charge < -0.3 is 24.8 Å². The smallest absolute Gasteiger partial charge is 0.408 e. The third kappa shape index (κ3) is 8.65. The number of hydrogen-bond acceptors (Lipinski definition) is 7. The topological polar surface area (TPSA) is 98.8 Å². The lowest BCUT2D eigenvalue weighted by Crippen LogP contribution is -2.45. The quantitative estimate of drug-likeness (QED) is 0.455. The van der Waals surface area contributed by atoms with Crippen LogP contribution in [0.3, 0.4) is 0 Å². The summed E-state index contributed by atoms with van der Waals surface area (Å²) in [7, 11) is 2.92. The van der Waals surface area contributed by atoms with Crippen LogP contribution >= 0.6 is 0 Å². The molecule has 3 rings (SSSR count). The number of carbonyl (C=O) groups excluding carboxylic acids is 2. The molecule has 1 amide bonds. The Morgan fingerprint density at radius 3 is 2.34 bits per heavy atom.